The predicted molar refractivity (Wildman–Crippen MR) is 157 cm³/mol. The van der Waals surface area contributed by atoms with Gasteiger partial charge in [-0.15, -0.1) is 0 Å². The van der Waals surface area contributed by atoms with Crippen LogP contribution in [0.1, 0.15) is 62.4 Å². The quantitative estimate of drug-likeness (QED) is 0.442. The highest BCUT2D eigenvalue weighted by molar-refractivity contribution is 5.97. The van der Waals surface area contributed by atoms with E-state index in [1.165, 1.54) is 11.3 Å². The molecule has 2 saturated heterocycles. The average Bonchev–Trinajstić information content (AvgIpc) is 2.93. The van der Waals surface area contributed by atoms with Crippen LogP contribution in [-0.2, 0) is 4.74 Å². The fraction of sp³-hybridized carbons (Fsp3) is 0.469. The number of nitrogens with one attached hydrogen (secondary N) is 1. The van der Waals surface area contributed by atoms with Gasteiger partial charge in [-0.05, 0) is 76.9 Å². The van der Waals surface area contributed by atoms with E-state index >= 15 is 0 Å². The number of fused-ring (bicyclic) bond motifs is 1. The first kappa shape index (κ1) is 27.7. The number of hydrogen-bond acceptors (Lipinski definition) is 6. The van der Waals surface area contributed by atoms with Crippen molar-refractivity contribution in [2.75, 3.05) is 31.1 Å². The number of aromatic nitrogens is 1. The molecule has 0 bridgehead atoms. The molecule has 0 aliphatic carbocycles. The SMILES string of the molecule is Cc1ccc(N2CCC(Oc3ccc4ncc(C(=O)NC5CCN(C(=O)OC(C)(C)C)CC5)cc4c3)CC2)cc1. The lowest BCUT2D eigenvalue weighted by Crippen LogP contribution is -2.47. The van der Waals surface area contributed by atoms with Crippen molar-refractivity contribution in [2.45, 2.75) is 71.1 Å². The van der Waals surface area contributed by atoms with E-state index in [1.807, 2.05) is 45.0 Å². The van der Waals surface area contributed by atoms with Gasteiger partial charge in [0.2, 0.25) is 0 Å². The van der Waals surface area contributed by atoms with E-state index in [2.05, 4.69) is 46.4 Å². The number of nitrogens with zero attached hydrogens (tertiary/aromatic N) is 3. The Hall–Kier alpha value is -3.81. The number of benzene rings is 2. The monoisotopic (exact) mass is 544 g/mol. The average molecular weight is 545 g/mol. The van der Waals surface area contributed by atoms with Crippen molar-refractivity contribution < 1.29 is 19.1 Å². The Morgan fingerprint density at radius 3 is 2.30 bits per heavy atom. The van der Waals surface area contributed by atoms with Crippen LogP contribution < -0.4 is 15.0 Å². The molecule has 0 spiro atoms. The second-order valence-electron chi connectivity index (χ2n) is 11.9. The molecule has 5 rings (SSSR count). The van der Waals surface area contributed by atoms with E-state index in [-0.39, 0.29) is 24.1 Å². The standard InChI is InChI=1S/C32H40N4O4/c1-22-5-7-26(8-6-22)35-17-13-27(14-18-35)39-28-9-10-29-23(20-28)19-24(21-33-29)30(37)34-25-11-15-36(16-12-25)31(38)40-32(2,3)4/h5-10,19-21,25,27H,11-18H2,1-4H3,(H,34,37). The lowest BCUT2D eigenvalue weighted by atomic mass is 10.0. The number of likely N-dealkylation sites (tertiary alicyclic amines) is 1. The van der Waals surface area contributed by atoms with Crippen molar-refractivity contribution in [2.24, 2.45) is 0 Å². The Bertz CT molecular complexity index is 1340. The van der Waals surface area contributed by atoms with Gasteiger partial charge in [0.1, 0.15) is 17.5 Å². The third kappa shape index (κ3) is 7.03. The molecular weight excluding hydrogens is 504 g/mol. The molecule has 2 aliphatic rings. The number of carbonyl (C=O) groups excluding carboxylic acids is 2. The summed E-state index contributed by atoms with van der Waals surface area (Å²) < 4.78 is 11.8. The van der Waals surface area contributed by atoms with Gasteiger partial charge < -0.3 is 24.6 Å². The minimum atomic E-state index is -0.518. The summed E-state index contributed by atoms with van der Waals surface area (Å²) in [5.41, 5.74) is 3.36. The molecule has 0 atom stereocenters. The zero-order valence-electron chi connectivity index (χ0n) is 24.0. The first-order valence-corrected chi connectivity index (χ1v) is 14.3. The minimum absolute atomic E-state index is 0.00216. The van der Waals surface area contributed by atoms with Gasteiger partial charge in [0.15, 0.2) is 0 Å². The van der Waals surface area contributed by atoms with Gasteiger partial charge in [0.25, 0.3) is 5.91 Å². The second-order valence-corrected chi connectivity index (χ2v) is 11.9. The molecule has 0 saturated carbocycles. The molecule has 40 heavy (non-hydrogen) atoms. The van der Waals surface area contributed by atoms with E-state index in [0.717, 1.165) is 42.6 Å². The summed E-state index contributed by atoms with van der Waals surface area (Å²) in [4.78, 5) is 34.0. The molecule has 2 aromatic carbocycles. The summed E-state index contributed by atoms with van der Waals surface area (Å²) in [6.07, 6.45) is 4.77. The summed E-state index contributed by atoms with van der Waals surface area (Å²) in [5.74, 6) is 0.648. The molecule has 2 fully saturated rings. The van der Waals surface area contributed by atoms with Crippen LogP contribution >= 0.6 is 0 Å². The largest absolute Gasteiger partial charge is 0.490 e. The molecule has 8 nitrogen and oxygen atoms in total. The maximum atomic E-state index is 13.0. The van der Waals surface area contributed by atoms with Crippen LogP contribution in [0.4, 0.5) is 10.5 Å². The topological polar surface area (TPSA) is 84.0 Å². The maximum absolute atomic E-state index is 13.0. The minimum Gasteiger partial charge on any atom is -0.490 e. The molecule has 0 radical (unpaired) electrons. The highest BCUT2D eigenvalue weighted by atomic mass is 16.6. The Kier molecular flexibility index (Phi) is 8.14. The van der Waals surface area contributed by atoms with Gasteiger partial charge in [0.05, 0.1) is 11.1 Å². The number of amides is 2. The van der Waals surface area contributed by atoms with Crippen molar-refractivity contribution in [1.82, 2.24) is 15.2 Å². The fourth-order valence-electron chi connectivity index (χ4n) is 5.29. The van der Waals surface area contributed by atoms with Crippen molar-refractivity contribution in [3.8, 4) is 5.75 Å². The van der Waals surface area contributed by atoms with Crippen LogP contribution in [0.25, 0.3) is 10.9 Å². The van der Waals surface area contributed by atoms with Crippen LogP contribution in [0, 0.1) is 6.92 Å². The first-order valence-electron chi connectivity index (χ1n) is 14.3. The van der Waals surface area contributed by atoms with Gasteiger partial charge in [0, 0.05) is 62.3 Å². The van der Waals surface area contributed by atoms with Crippen LogP contribution in [0.15, 0.2) is 54.7 Å². The maximum Gasteiger partial charge on any atom is 0.410 e. The van der Waals surface area contributed by atoms with Crippen LogP contribution in [0.5, 0.6) is 5.75 Å². The molecule has 212 valence electrons. The van der Waals surface area contributed by atoms with Gasteiger partial charge in [-0.1, -0.05) is 17.7 Å². The Morgan fingerprint density at radius 1 is 0.925 bits per heavy atom. The number of pyridine rings is 1. The Balaban J connectivity index is 1.14. The van der Waals surface area contributed by atoms with Gasteiger partial charge in [-0.25, -0.2) is 4.79 Å². The first-order chi connectivity index (χ1) is 19.1. The van der Waals surface area contributed by atoms with E-state index < -0.39 is 5.60 Å². The molecule has 2 aliphatic heterocycles. The summed E-state index contributed by atoms with van der Waals surface area (Å²) in [5, 5.41) is 3.99. The smallest absolute Gasteiger partial charge is 0.410 e. The van der Waals surface area contributed by atoms with E-state index in [9.17, 15) is 9.59 Å². The van der Waals surface area contributed by atoms with Crippen LogP contribution in [0.3, 0.4) is 0 Å². The zero-order chi connectivity index (χ0) is 28.3. The number of aryl methyl sites for hydroxylation is 1. The third-order valence-electron chi connectivity index (χ3n) is 7.54. The molecule has 3 aromatic rings. The summed E-state index contributed by atoms with van der Waals surface area (Å²) in [7, 11) is 0. The zero-order valence-corrected chi connectivity index (χ0v) is 24.0. The number of rotatable bonds is 5. The Morgan fingerprint density at radius 2 is 1.62 bits per heavy atom. The summed E-state index contributed by atoms with van der Waals surface area (Å²) in [6.45, 7) is 10.7. The predicted octanol–water partition coefficient (Wildman–Crippen LogP) is 5.72. The van der Waals surface area contributed by atoms with Crippen molar-refractivity contribution in [1.29, 1.82) is 0 Å². The highest BCUT2D eigenvalue weighted by Gasteiger charge is 2.28. The highest BCUT2D eigenvalue weighted by Crippen LogP contribution is 2.26. The van der Waals surface area contributed by atoms with Crippen molar-refractivity contribution in [3.05, 3.63) is 65.9 Å². The number of piperidine rings is 2. The normalized spacial score (nSPS) is 17.1. The number of carbonyl (C=O) groups is 2. The van der Waals surface area contributed by atoms with E-state index in [1.54, 1.807) is 11.1 Å². The molecule has 8 heteroatoms. The third-order valence-corrected chi connectivity index (χ3v) is 7.54. The number of anilines is 1. The van der Waals surface area contributed by atoms with Crippen LogP contribution in [-0.4, -0.2) is 65.8 Å². The molecule has 1 aromatic heterocycles. The van der Waals surface area contributed by atoms with Crippen molar-refractivity contribution in [3.63, 3.8) is 0 Å². The lowest BCUT2D eigenvalue weighted by Gasteiger charge is -2.34. The molecule has 0 unspecified atom stereocenters. The van der Waals surface area contributed by atoms with E-state index in [0.29, 0.717) is 31.5 Å². The van der Waals surface area contributed by atoms with Crippen molar-refractivity contribution >= 4 is 28.6 Å². The summed E-state index contributed by atoms with van der Waals surface area (Å²) in [6, 6.07) is 16.4. The second kappa shape index (κ2) is 11.7. The molecule has 1 N–H and O–H groups in total. The number of hydrogen-bond donors (Lipinski definition) is 1. The molecular formula is C32H40N4O4. The van der Waals surface area contributed by atoms with Gasteiger partial charge >= 0.3 is 6.09 Å². The fourth-order valence-corrected chi connectivity index (χ4v) is 5.29. The Labute approximate surface area is 236 Å². The van der Waals surface area contributed by atoms with E-state index in [4.69, 9.17) is 9.47 Å². The molecule has 2 amide bonds. The van der Waals surface area contributed by atoms with Gasteiger partial charge in [-0.2, -0.15) is 0 Å². The summed E-state index contributed by atoms with van der Waals surface area (Å²) >= 11 is 0. The number of ether oxygens (including phenoxy) is 2. The van der Waals surface area contributed by atoms with Gasteiger partial charge in [-0.3, -0.25) is 9.78 Å². The molecule has 3 heterocycles. The lowest BCUT2D eigenvalue weighted by molar-refractivity contribution is 0.0199. The van der Waals surface area contributed by atoms with Crippen LogP contribution in [0.2, 0.25) is 0 Å².